The normalized spacial score (nSPS) is 34.4. The quantitative estimate of drug-likeness (QED) is 0.349. The molecule has 1 atom stereocenters. The number of hydrogen-bond donors (Lipinski definition) is 3. The van der Waals surface area contributed by atoms with Crippen LogP contribution in [0.4, 0.5) is 5.69 Å². The highest BCUT2D eigenvalue weighted by Crippen LogP contribution is 2.60. The Kier molecular flexibility index (Phi) is 5.43. The molecule has 10 rings (SSSR count). The molecule has 0 spiro atoms. The number of nitrogens with one attached hydrogen (secondary N) is 3. The molecule has 2 aromatic carbocycles. The smallest absolute Gasteiger partial charge is 0.251 e. The van der Waals surface area contributed by atoms with Crippen molar-refractivity contribution >= 4 is 28.5 Å². The number of aromatic nitrogens is 2. The summed E-state index contributed by atoms with van der Waals surface area (Å²) in [6.07, 6.45) is 13.5. The summed E-state index contributed by atoms with van der Waals surface area (Å²) < 4.78 is 0. The molecule has 1 heterocycles. The summed E-state index contributed by atoms with van der Waals surface area (Å²) >= 11 is 0. The molecule has 1 unspecified atom stereocenters. The lowest BCUT2D eigenvalue weighted by Gasteiger charge is -2.55. The van der Waals surface area contributed by atoms with E-state index in [2.05, 4.69) is 15.6 Å². The predicted octanol–water partition coefficient (Wildman–Crippen LogP) is 6.69. The van der Waals surface area contributed by atoms with Crippen LogP contribution in [-0.2, 0) is 4.79 Å². The number of H-pyrrole nitrogens is 1. The van der Waals surface area contributed by atoms with E-state index in [-0.39, 0.29) is 17.2 Å². The summed E-state index contributed by atoms with van der Waals surface area (Å²) in [5, 5.41) is 6.59. The molecule has 3 N–H and O–H groups in total. The fraction of sp³-hybridized carbons (Fsp3) is 0.545. The first-order valence-electron chi connectivity index (χ1n) is 15.2. The number of aromatic amines is 1. The van der Waals surface area contributed by atoms with Gasteiger partial charge >= 0.3 is 0 Å². The van der Waals surface area contributed by atoms with Gasteiger partial charge in [0.1, 0.15) is 5.82 Å². The average molecular weight is 523 g/mol. The zero-order valence-electron chi connectivity index (χ0n) is 22.5. The first-order valence-corrected chi connectivity index (χ1v) is 15.2. The van der Waals surface area contributed by atoms with Crippen molar-refractivity contribution in [1.29, 1.82) is 0 Å². The van der Waals surface area contributed by atoms with Crippen LogP contribution in [0.2, 0.25) is 0 Å². The second-order valence-corrected chi connectivity index (χ2v) is 13.6. The lowest BCUT2D eigenvalue weighted by molar-refractivity contribution is -0.140. The van der Waals surface area contributed by atoms with Crippen molar-refractivity contribution in [2.45, 2.75) is 76.7 Å². The van der Waals surface area contributed by atoms with Gasteiger partial charge in [-0.05, 0) is 118 Å². The predicted molar refractivity (Wildman–Crippen MR) is 152 cm³/mol. The van der Waals surface area contributed by atoms with E-state index in [9.17, 15) is 9.59 Å². The molecule has 7 fully saturated rings. The highest BCUT2D eigenvalue weighted by atomic mass is 16.2. The van der Waals surface area contributed by atoms with E-state index >= 15 is 0 Å². The highest BCUT2D eigenvalue weighted by molar-refractivity contribution is 5.97. The largest absolute Gasteiger partial charge is 0.349 e. The Labute approximate surface area is 229 Å². The fourth-order valence-corrected chi connectivity index (χ4v) is 9.46. The van der Waals surface area contributed by atoms with Crippen LogP contribution in [0.1, 0.15) is 81.0 Å². The second-order valence-electron chi connectivity index (χ2n) is 13.6. The number of benzene rings is 2. The molecular formula is C33H38N4O2. The van der Waals surface area contributed by atoms with Gasteiger partial charge < -0.3 is 15.6 Å². The summed E-state index contributed by atoms with van der Waals surface area (Å²) in [4.78, 5) is 34.7. The minimum Gasteiger partial charge on any atom is -0.349 e. The maximum absolute atomic E-state index is 13.5. The van der Waals surface area contributed by atoms with E-state index in [1.54, 1.807) is 0 Å². The summed E-state index contributed by atoms with van der Waals surface area (Å²) in [5.41, 5.74) is 4.09. The van der Waals surface area contributed by atoms with Crippen LogP contribution in [0.25, 0.3) is 22.4 Å². The molecule has 6 nitrogen and oxygen atoms in total. The molecular weight excluding hydrogens is 484 g/mol. The number of anilines is 1. The SMILES string of the molecule is O=C(NC1CC2CCC1CC2)c1ccc(-c2nc3ccc(NC(=O)C45CC6CC(CC(C6)C4)C5)cc3[nH]2)cc1. The number of nitrogens with zero attached hydrogens (tertiary/aromatic N) is 1. The molecule has 0 saturated heterocycles. The van der Waals surface area contributed by atoms with Crippen molar-refractivity contribution in [2.24, 2.45) is 35.0 Å². The molecule has 202 valence electrons. The van der Waals surface area contributed by atoms with Crippen LogP contribution in [-0.4, -0.2) is 27.8 Å². The Bertz CT molecular complexity index is 1400. The van der Waals surface area contributed by atoms with Crippen molar-refractivity contribution in [3.8, 4) is 11.4 Å². The summed E-state index contributed by atoms with van der Waals surface area (Å²) in [5.74, 6) is 4.71. The number of fused-ring (bicyclic) bond motifs is 4. The molecule has 0 radical (unpaired) electrons. The van der Waals surface area contributed by atoms with Crippen molar-refractivity contribution in [1.82, 2.24) is 15.3 Å². The molecule has 7 aliphatic rings. The topological polar surface area (TPSA) is 86.9 Å². The second kappa shape index (κ2) is 8.94. The summed E-state index contributed by atoms with van der Waals surface area (Å²) in [7, 11) is 0. The minimum atomic E-state index is -0.159. The minimum absolute atomic E-state index is 0.0307. The Morgan fingerprint density at radius 2 is 1.51 bits per heavy atom. The van der Waals surface area contributed by atoms with Gasteiger partial charge in [0.2, 0.25) is 5.91 Å². The van der Waals surface area contributed by atoms with E-state index in [1.165, 1.54) is 44.9 Å². The number of rotatable bonds is 5. The molecule has 0 aliphatic heterocycles. The van der Waals surface area contributed by atoms with E-state index in [1.807, 2.05) is 42.5 Å². The zero-order chi connectivity index (χ0) is 26.1. The third-order valence-electron chi connectivity index (χ3n) is 11.0. The maximum Gasteiger partial charge on any atom is 0.251 e. The Hall–Kier alpha value is -3.15. The van der Waals surface area contributed by atoms with Crippen LogP contribution in [0, 0.1) is 35.0 Å². The van der Waals surface area contributed by atoms with Crippen LogP contribution in [0.5, 0.6) is 0 Å². The average Bonchev–Trinajstić information content (AvgIpc) is 3.37. The van der Waals surface area contributed by atoms with Crippen molar-refractivity contribution in [2.75, 3.05) is 5.32 Å². The number of hydrogen-bond acceptors (Lipinski definition) is 3. The first kappa shape index (κ1) is 23.7. The summed E-state index contributed by atoms with van der Waals surface area (Å²) in [6, 6.07) is 14.0. The van der Waals surface area contributed by atoms with Crippen LogP contribution < -0.4 is 10.6 Å². The van der Waals surface area contributed by atoms with Crippen molar-refractivity contribution in [3.63, 3.8) is 0 Å². The molecule has 39 heavy (non-hydrogen) atoms. The molecule has 6 bridgehead atoms. The van der Waals surface area contributed by atoms with E-state index < -0.39 is 0 Å². The van der Waals surface area contributed by atoms with Crippen LogP contribution >= 0.6 is 0 Å². The molecule has 7 saturated carbocycles. The van der Waals surface area contributed by atoms with Gasteiger partial charge in [-0.25, -0.2) is 4.98 Å². The molecule has 3 aromatic rings. The van der Waals surface area contributed by atoms with Crippen LogP contribution in [0.15, 0.2) is 42.5 Å². The molecule has 6 heteroatoms. The van der Waals surface area contributed by atoms with Gasteiger partial charge in [0.25, 0.3) is 5.91 Å². The van der Waals surface area contributed by atoms with Crippen molar-refractivity contribution < 1.29 is 9.59 Å². The standard InChI is InChI=1S/C33H38N4O2/c38-31(37-28-14-19-1-3-23(28)4-2-19)25-7-5-24(6-8-25)30-35-27-10-9-26(15-29(27)36-30)34-32(39)33-16-20-11-21(17-33)13-22(12-20)18-33/h5-10,15,19-23,28H,1-4,11-14,16-18H2,(H,34,39)(H,35,36)(H,37,38). The molecule has 2 amide bonds. The van der Waals surface area contributed by atoms with Gasteiger partial charge in [0, 0.05) is 22.9 Å². The third kappa shape index (κ3) is 4.18. The van der Waals surface area contributed by atoms with Gasteiger partial charge in [-0.2, -0.15) is 0 Å². The number of carbonyl (C=O) groups excluding carboxylic acids is 2. The first-order chi connectivity index (χ1) is 19.0. The van der Waals surface area contributed by atoms with Gasteiger partial charge in [-0.15, -0.1) is 0 Å². The summed E-state index contributed by atoms with van der Waals surface area (Å²) in [6.45, 7) is 0. The Balaban J connectivity index is 0.959. The fourth-order valence-electron chi connectivity index (χ4n) is 9.46. The number of imidazole rings is 1. The molecule has 7 aliphatic carbocycles. The number of amides is 2. The van der Waals surface area contributed by atoms with Gasteiger partial charge in [0.05, 0.1) is 16.4 Å². The highest BCUT2D eigenvalue weighted by Gasteiger charge is 2.54. The monoisotopic (exact) mass is 522 g/mol. The Morgan fingerprint density at radius 3 is 2.15 bits per heavy atom. The lowest BCUT2D eigenvalue weighted by Crippen LogP contribution is -2.51. The van der Waals surface area contributed by atoms with Gasteiger partial charge in [0.15, 0.2) is 0 Å². The Morgan fingerprint density at radius 1 is 0.821 bits per heavy atom. The maximum atomic E-state index is 13.5. The van der Waals surface area contributed by atoms with Gasteiger partial charge in [-0.3, -0.25) is 9.59 Å². The van der Waals surface area contributed by atoms with Crippen LogP contribution in [0.3, 0.4) is 0 Å². The van der Waals surface area contributed by atoms with Gasteiger partial charge in [-0.1, -0.05) is 25.0 Å². The van der Waals surface area contributed by atoms with E-state index in [4.69, 9.17) is 4.98 Å². The number of carbonyl (C=O) groups is 2. The van der Waals surface area contributed by atoms with E-state index in [0.717, 1.165) is 77.5 Å². The lowest BCUT2D eigenvalue weighted by atomic mass is 9.49. The molecule has 1 aromatic heterocycles. The third-order valence-corrected chi connectivity index (χ3v) is 11.0. The van der Waals surface area contributed by atoms with E-state index in [0.29, 0.717) is 17.5 Å². The van der Waals surface area contributed by atoms with Crippen molar-refractivity contribution in [3.05, 3.63) is 48.0 Å². The zero-order valence-corrected chi connectivity index (χ0v) is 22.5.